The Morgan fingerprint density at radius 1 is 1.09 bits per heavy atom. The summed E-state index contributed by atoms with van der Waals surface area (Å²) in [5.41, 5.74) is -1.32. The van der Waals surface area contributed by atoms with Gasteiger partial charge in [-0.25, -0.2) is 4.79 Å². The Kier molecular flexibility index (Phi) is 4.10. The highest BCUT2D eigenvalue weighted by Gasteiger charge is 2.54. The maximum Gasteiger partial charge on any atom is 0.410 e. The number of hydrogen-bond acceptors (Lipinski definition) is 4. The minimum absolute atomic E-state index is 0.150. The number of β-amino-alcohol motifs (C(OH)–C–C–N with tert-alkyl or cyclic N) is 1. The molecule has 0 bridgehead atoms. The van der Waals surface area contributed by atoms with Crippen molar-refractivity contribution in [2.75, 3.05) is 13.1 Å². The van der Waals surface area contributed by atoms with Crippen LogP contribution in [0.4, 0.5) is 4.79 Å². The standard InChI is InChI=1S/C17H23NO4/c19-15(22-12-14-6-2-1-3-7-14)18-11-10-16(20)8-4-5-9-17(16,21)13-18/h1-3,6-7,20-21H,4-5,8-13H2/t16-,17+/m0/s1. The summed E-state index contributed by atoms with van der Waals surface area (Å²) >= 11 is 0. The molecule has 2 N–H and O–H groups in total. The molecule has 5 heteroatoms. The van der Waals surface area contributed by atoms with Gasteiger partial charge in [0, 0.05) is 6.54 Å². The molecule has 120 valence electrons. The van der Waals surface area contributed by atoms with Crippen LogP contribution in [0, 0.1) is 0 Å². The molecule has 0 radical (unpaired) electrons. The van der Waals surface area contributed by atoms with E-state index < -0.39 is 17.3 Å². The molecule has 1 heterocycles. The number of likely N-dealkylation sites (tertiary alicyclic amines) is 1. The number of amides is 1. The molecule has 0 aromatic heterocycles. The fourth-order valence-electron chi connectivity index (χ4n) is 3.57. The minimum Gasteiger partial charge on any atom is -0.445 e. The molecule has 1 aliphatic carbocycles. The second kappa shape index (κ2) is 5.89. The third-order valence-corrected chi connectivity index (χ3v) is 5.01. The van der Waals surface area contributed by atoms with Gasteiger partial charge < -0.3 is 19.8 Å². The molecule has 2 aliphatic rings. The number of fused-ring (bicyclic) bond motifs is 1. The maximum atomic E-state index is 12.2. The Balaban J connectivity index is 1.60. The number of piperidine rings is 1. The summed E-state index contributed by atoms with van der Waals surface area (Å²) in [5.74, 6) is 0. The van der Waals surface area contributed by atoms with E-state index in [-0.39, 0.29) is 13.2 Å². The average Bonchev–Trinajstić information content (AvgIpc) is 2.53. The summed E-state index contributed by atoms with van der Waals surface area (Å²) in [4.78, 5) is 13.7. The number of aliphatic hydroxyl groups is 2. The lowest BCUT2D eigenvalue weighted by Gasteiger charge is -2.52. The van der Waals surface area contributed by atoms with Crippen LogP contribution in [0.3, 0.4) is 0 Å². The SMILES string of the molecule is O=C(OCc1ccccc1)N1CC[C@@]2(O)CCCC[C@@]2(O)C1. The number of rotatable bonds is 2. The van der Waals surface area contributed by atoms with E-state index in [1.807, 2.05) is 30.3 Å². The van der Waals surface area contributed by atoms with Crippen LogP contribution in [0.15, 0.2) is 30.3 Å². The molecule has 3 rings (SSSR count). The van der Waals surface area contributed by atoms with Crippen molar-refractivity contribution in [1.82, 2.24) is 4.90 Å². The highest BCUT2D eigenvalue weighted by atomic mass is 16.6. The van der Waals surface area contributed by atoms with Crippen molar-refractivity contribution >= 4 is 6.09 Å². The third kappa shape index (κ3) is 2.83. The van der Waals surface area contributed by atoms with E-state index in [2.05, 4.69) is 0 Å². The van der Waals surface area contributed by atoms with Crippen LogP contribution in [0.25, 0.3) is 0 Å². The Morgan fingerprint density at radius 3 is 2.50 bits per heavy atom. The highest BCUT2D eigenvalue weighted by molar-refractivity contribution is 5.68. The van der Waals surface area contributed by atoms with Gasteiger partial charge >= 0.3 is 6.09 Å². The van der Waals surface area contributed by atoms with E-state index in [0.717, 1.165) is 18.4 Å². The fraction of sp³-hybridized carbons (Fsp3) is 0.588. The molecule has 1 aromatic carbocycles. The number of hydrogen-bond donors (Lipinski definition) is 2. The third-order valence-electron chi connectivity index (χ3n) is 5.01. The number of ether oxygens (including phenoxy) is 1. The lowest BCUT2D eigenvalue weighted by molar-refractivity contribution is -0.204. The monoisotopic (exact) mass is 305 g/mol. The van der Waals surface area contributed by atoms with Crippen molar-refractivity contribution in [1.29, 1.82) is 0 Å². The Hall–Kier alpha value is -1.59. The van der Waals surface area contributed by atoms with E-state index in [4.69, 9.17) is 4.74 Å². The Bertz CT molecular complexity index is 535. The van der Waals surface area contributed by atoms with Crippen LogP contribution in [0.2, 0.25) is 0 Å². The largest absolute Gasteiger partial charge is 0.445 e. The fourth-order valence-corrected chi connectivity index (χ4v) is 3.57. The first-order chi connectivity index (χ1) is 10.5. The van der Waals surface area contributed by atoms with E-state index in [9.17, 15) is 15.0 Å². The lowest BCUT2D eigenvalue weighted by atomic mass is 9.68. The second-order valence-electron chi connectivity index (χ2n) is 6.48. The normalized spacial score (nSPS) is 31.5. The molecule has 1 saturated heterocycles. The van der Waals surface area contributed by atoms with Gasteiger partial charge in [-0.05, 0) is 24.8 Å². The van der Waals surface area contributed by atoms with Gasteiger partial charge in [0.25, 0.3) is 0 Å². The molecular weight excluding hydrogens is 282 g/mol. The molecule has 0 unspecified atom stereocenters. The van der Waals surface area contributed by atoms with Crippen molar-refractivity contribution < 1.29 is 19.7 Å². The zero-order chi connectivity index (χ0) is 15.6. The summed E-state index contributed by atoms with van der Waals surface area (Å²) in [6, 6.07) is 9.51. The number of nitrogens with zero attached hydrogens (tertiary/aromatic N) is 1. The smallest absolute Gasteiger partial charge is 0.410 e. The number of carbonyl (C=O) groups excluding carboxylic acids is 1. The molecule has 2 atom stereocenters. The van der Waals surface area contributed by atoms with Crippen LogP contribution in [-0.2, 0) is 11.3 Å². The molecule has 1 aromatic rings. The van der Waals surface area contributed by atoms with Crippen molar-refractivity contribution in [2.24, 2.45) is 0 Å². The zero-order valence-electron chi connectivity index (χ0n) is 12.7. The number of benzene rings is 1. The lowest BCUT2D eigenvalue weighted by Crippen LogP contribution is -2.66. The van der Waals surface area contributed by atoms with Crippen LogP contribution in [0.5, 0.6) is 0 Å². The van der Waals surface area contributed by atoms with Gasteiger partial charge in [-0.15, -0.1) is 0 Å². The molecular formula is C17H23NO4. The van der Waals surface area contributed by atoms with Crippen molar-refractivity contribution in [3.8, 4) is 0 Å². The summed E-state index contributed by atoms with van der Waals surface area (Å²) in [5, 5.41) is 21.4. The van der Waals surface area contributed by atoms with Gasteiger partial charge in [-0.3, -0.25) is 0 Å². The average molecular weight is 305 g/mol. The molecule has 1 aliphatic heterocycles. The number of carbonyl (C=O) groups is 1. The van der Waals surface area contributed by atoms with E-state index in [0.29, 0.717) is 25.8 Å². The molecule has 0 spiro atoms. The van der Waals surface area contributed by atoms with Crippen LogP contribution in [-0.4, -0.2) is 45.5 Å². The first-order valence-corrected chi connectivity index (χ1v) is 7.93. The molecule has 1 saturated carbocycles. The van der Waals surface area contributed by atoms with E-state index >= 15 is 0 Å². The second-order valence-corrected chi connectivity index (χ2v) is 6.48. The quantitative estimate of drug-likeness (QED) is 0.877. The molecule has 5 nitrogen and oxygen atoms in total. The Labute approximate surface area is 130 Å². The van der Waals surface area contributed by atoms with E-state index in [1.54, 1.807) is 0 Å². The summed E-state index contributed by atoms with van der Waals surface area (Å²) in [6.07, 6.45) is 2.93. The van der Waals surface area contributed by atoms with Gasteiger partial charge in [-0.1, -0.05) is 43.2 Å². The predicted molar refractivity (Wildman–Crippen MR) is 81.2 cm³/mol. The van der Waals surface area contributed by atoms with Crippen LogP contribution < -0.4 is 0 Å². The summed E-state index contributed by atoms with van der Waals surface area (Å²) in [7, 11) is 0. The summed E-state index contributed by atoms with van der Waals surface area (Å²) in [6.45, 7) is 0.794. The van der Waals surface area contributed by atoms with Crippen molar-refractivity contribution in [3.05, 3.63) is 35.9 Å². The topological polar surface area (TPSA) is 70.0 Å². The molecule has 22 heavy (non-hydrogen) atoms. The van der Waals surface area contributed by atoms with Gasteiger partial charge in [0.2, 0.25) is 0 Å². The first kappa shape index (κ1) is 15.3. The van der Waals surface area contributed by atoms with Crippen molar-refractivity contribution in [2.45, 2.75) is 49.9 Å². The Morgan fingerprint density at radius 2 is 1.77 bits per heavy atom. The van der Waals surface area contributed by atoms with Crippen LogP contribution in [0.1, 0.15) is 37.7 Å². The molecule has 2 fully saturated rings. The van der Waals surface area contributed by atoms with E-state index in [1.165, 1.54) is 4.90 Å². The van der Waals surface area contributed by atoms with Gasteiger partial charge in [-0.2, -0.15) is 0 Å². The predicted octanol–water partition coefficient (Wildman–Crippen LogP) is 2.07. The summed E-state index contributed by atoms with van der Waals surface area (Å²) < 4.78 is 5.32. The highest BCUT2D eigenvalue weighted by Crippen LogP contribution is 2.43. The van der Waals surface area contributed by atoms with Gasteiger partial charge in [0.15, 0.2) is 0 Å². The van der Waals surface area contributed by atoms with Gasteiger partial charge in [0.05, 0.1) is 12.1 Å². The minimum atomic E-state index is -1.20. The first-order valence-electron chi connectivity index (χ1n) is 7.93. The van der Waals surface area contributed by atoms with Gasteiger partial charge in [0.1, 0.15) is 12.2 Å². The zero-order valence-corrected chi connectivity index (χ0v) is 12.7. The van der Waals surface area contributed by atoms with Crippen LogP contribution >= 0.6 is 0 Å². The molecule has 1 amide bonds. The maximum absolute atomic E-state index is 12.2. The van der Waals surface area contributed by atoms with Crippen molar-refractivity contribution in [3.63, 3.8) is 0 Å².